The molecule has 1 aliphatic rings. The van der Waals surface area contributed by atoms with Crippen LogP contribution in [0.3, 0.4) is 0 Å². The second-order valence-corrected chi connectivity index (χ2v) is 8.77. The number of H-pyrrole nitrogens is 1. The van der Waals surface area contributed by atoms with Crippen LogP contribution in [0, 0.1) is 12.7 Å². The molecule has 0 aliphatic carbocycles. The molecule has 4 aromatic rings. The first-order valence-electron chi connectivity index (χ1n) is 11.6. The second-order valence-electron chi connectivity index (χ2n) is 8.77. The monoisotopic (exact) mass is 540 g/mol. The average Bonchev–Trinajstić information content (AvgIpc) is 3.57. The van der Waals surface area contributed by atoms with Gasteiger partial charge in [-0.15, -0.1) is 0 Å². The van der Waals surface area contributed by atoms with Gasteiger partial charge in [-0.1, -0.05) is 24.3 Å². The molecule has 0 radical (unpaired) electrons. The Bertz CT molecular complexity index is 1570. The first-order chi connectivity index (χ1) is 18.6. The van der Waals surface area contributed by atoms with Crippen molar-refractivity contribution >= 4 is 17.5 Å². The maximum Gasteiger partial charge on any atom is 0.451 e. The number of halogens is 4. The molecular weight excluding hydrogens is 520 g/mol. The predicted molar refractivity (Wildman–Crippen MR) is 130 cm³/mol. The Morgan fingerprint density at radius 3 is 2.54 bits per heavy atom. The number of aromatic nitrogens is 5. The Labute approximate surface area is 218 Å². The molecule has 0 spiro atoms. The minimum atomic E-state index is -4.64. The van der Waals surface area contributed by atoms with E-state index in [1.54, 1.807) is 37.3 Å². The highest BCUT2D eigenvalue weighted by molar-refractivity contribution is 5.97. The van der Waals surface area contributed by atoms with Gasteiger partial charge in [0.2, 0.25) is 5.82 Å². The third-order valence-electron chi connectivity index (χ3n) is 6.05. The van der Waals surface area contributed by atoms with Crippen molar-refractivity contribution < 1.29 is 27.2 Å². The smallest absolute Gasteiger partial charge is 0.382 e. The largest absolute Gasteiger partial charge is 0.451 e. The molecular formula is C25H20F4N8O2. The highest BCUT2D eigenvalue weighted by Gasteiger charge is 2.35. The normalized spacial score (nSPS) is 14.4. The number of fused-ring (bicyclic) bond motifs is 1. The highest BCUT2D eigenvalue weighted by Crippen LogP contribution is 2.34. The molecule has 0 bridgehead atoms. The maximum absolute atomic E-state index is 13.4. The number of alkyl halides is 3. The summed E-state index contributed by atoms with van der Waals surface area (Å²) in [5, 5.41) is 14.1. The Hall–Kier alpha value is -4.88. The van der Waals surface area contributed by atoms with Gasteiger partial charge < -0.3 is 16.0 Å². The van der Waals surface area contributed by atoms with Gasteiger partial charge in [-0.3, -0.25) is 14.7 Å². The van der Waals surface area contributed by atoms with Gasteiger partial charge in [0.05, 0.1) is 6.04 Å². The van der Waals surface area contributed by atoms with Gasteiger partial charge in [0.15, 0.2) is 5.82 Å². The number of amides is 2. The third-order valence-corrected chi connectivity index (χ3v) is 6.05. The van der Waals surface area contributed by atoms with Crippen LogP contribution >= 0.6 is 0 Å². The summed E-state index contributed by atoms with van der Waals surface area (Å²) in [6.45, 7) is 2.09. The number of hydrogen-bond acceptors (Lipinski definition) is 7. The zero-order chi connectivity index (χ0) is 27.7. The minimum absolute atomic E-state index is 0.0201. The Morgan fingerprint density at radius 2 is 1.82 bits per heavy atom. The molecule has 1 atom stereocenters. The van der Waals surface area contributed by atoms with Gasteiger partial charge >= 0.3 is 6.18 Å². The van der Waals surface area contributed by atoms with Gasteiger partial charge in [-0.25, -0.2) is 19.3 Å². The summed E-state index contributed by atoms with van der Waals surface area (Å²) >= 11 is 0. The van der Waals surface area contributed by atoms with Crippen molar-refractivity contribution in [3.05, 3.63) is 88.5 Å². The lowest BCUT2D eigenvalue weighted by Gasteiger charge is -2.13. The number of nitrogens with zero attached hydrogens (tertiary/aromatic N) is 4. The van der Waals surface area contributed by atoms with E-state index >= 15 is 0 Å². The number of carbonyl (C=O) groups is 2. The molecule has 2 aromatic carbocycles. The van der Waals surface area contributed by atoms with Crippen molar-refractivity contribution in [2.45, 2.75) is 25.7 Å². The highest BCUT2D eigenvalue weighted by atomic mass is 19.4. The predicted octanol–water partition coefficient (Wildman–Crippen LogP) is 3.55. The zero-order valence-corrected chi connectivity index (χ0v) is 20.2. The lowest BCUT2D eigenvalue weighted by Crippen LogP contribution is -2.31. The summed E-state index contributed by atoms with van der Waals surface area (Å²) in [4.78, 5) is 36.8. The van der Waals surface area contributed by atoms with Crippen molar-refractivity contribution in [3.63, 3.8) is 0 Å². The van der Waals surface area contributed by atoms with Gasteiger partial charge in [-0.05, 0) is 35.7 Å². The summed E-state index contributed by atoms with van der Waals surface area (Å²) < 4.78 is 51.9. The summed E-state index contributed by atoms with van der Waals surface area (Å²) in [5.41, 5.74) is 2.79. The van der Waals surface area contributed by atoms with Crippen LogP contribution in [-0.4, -0.2) is 43.5 Å². The van der Waals surface area contributed by atoms with Crippen LogP contribution in [-0.2, 0) is 12.7 Å². The van der Waals surface area contributed by atoms with Gasteiger partial charge in [-0.2, -0.15) is 18.3 Å². The van der Waals surface area contributed by atoms with Crippen LogP contribution < -0.4 is 16.0 Å². The quantitative estimate of drug-likeness (QED) is 0.275. The van der Waals surface area contributed by atoms with Crippen LogP contribution in [0.5, 0.6) is 0 Å². The van der Waals surface area contributed by atoms with Crippen molar-refractivity contribution in [2.24, 2.45) is 0 Å². The van der Waals surface area contributed by atoms with Crippen molar-refractivity contribution in [1.82, 2.24) is 35.8 Å². The van der Waals surface area contributed by atoms with Crippen LogP contribution in [0.2, 0.25) is 0 Å². The molecule has 10 nitrogen and oxygen atoms in total. The maximum atomic E-state index is 13.4. The van der Waals surface area contributed by atoms with E-state index in [1.807, 2.05) is 5.10 Å². The number of rotatable bonds is 6. The van der Waals surface area contributed by atoms with Crippen LogP contribution in [0.1, 0.15) is 49.5 Å². The Morgan fingerprint density at radius 1 is 1.05 bits per heavy atom. The molecule has 5 rings (SSSR count). The van der Waals surface area contributed by atoms with E-state index in [9.17, 15) is 27.2 Å². The molecule has 3 heterocycles. The number of benzene rings is 2. The second kappa shape index (κ2) is 10.1. The Kier molecular flexibility index (Phi) is 6.68. The standard InChI is InChI=1S/C25H20F4N8O2/c1-12-6-13(2-5-16(12)26)9-31-22(38)18-8-19(33-11-32-18)23(39)34-20-10-30-17-7-14(3-4-15(17)20)21-35-24(37-36-21)25(27,28)29/h2-8,11,20,30H,9-10H2,1H3,(H,31,38)(H,34,39)(H,35,36,37). The number of nitrogens with one attached hydrogen (secondary N) is 4. The van der Waals surface area contributed by atoms with E-state index < -0.39 is 29.9 Å². The van der Waals surface area contributed by atoms with Crippen molar-refractivity contribution in [2.75, 3.05) is 11.9 Å². The molecule has 4 N–H and O–H groups in total. The summed E-state index contributed by atoms with van der Waals surface area (Å²) in [5.74, 6) is -2.73. The fourth-order valence-electron chi connectivity index (χ4n) is 4.05. The molecule has 2 amide bonds. The lowest BCUT2D eigenvalue weighted by molar-refractivity contribution is -0.144. The first-order valence-corrected chi connectivity index (χ1v) is 11.6. The molecule has 2 aromatic heterocycles. The molecule has 1 unspecified atom stereocenters. The van der Waals surface area contributed by atoms with Crippen LogP contribution in [0.4, 0.5) is 23.2 Å². The summed E-state index contributed by atoms with van der Waals surface area (Å²) in [7, 11) is 0. The lowest BCUT2D eigenvalue weighted by atomic mass is 10.1. The average molecular weight is 540 g/mol. The van der Waals surface area contributed by atoms with E-state index in [0.717, 1.165) is 6.33 Å². The van der Waals surface area contributed by atoms with E-state index in [1.165, 1.54) is 12.1 Å². The first kappa shape index (κ1) is 25.8. The summed E-state index contributed by atoms with van der Waals surface area (Å²) in [6, 6.07) is 10.1. The number of hydrogen-bond donors (Lipinski definition) is 4. The Balaban J connectivity index is 1.24. The van der Waals surface area contributed by atoms with E-state index in [-0.39, 0.29) is 29.6 Å². The zero-order valence-electron chi connectivity index (χ0n) is 20.2. The van der Waals surface area contributed by atoms with Gasteiger partial charge in [0.1, 0.15) is 23.5 Å². The van der Waals surface area contributed by atoms with Crippen molar-refractivity contribution in [1.29, 1.82) is 0 Å². The molecule has 0 saturated carbocycles. The molecule has 0 fully saturated rings. The van der Waals surface area contributed by atoms with Crippen molar-refractivity contribution in [3.8, 4) is 11.4 Å². The molecule has 200 valence electrons. The fourth-order valence-corrected chi connectivity index (χ4v) is 4.05. The fraction of sp³-hybridized carbons (Fsp3) is 0.200. The van der Waals surface area contributed by atoms with Crippen LogP contribution in [0.25, 0.3) is 11.4 Å². The minimum Gasteiger partial charge on any atom is -0.382 e. The van der Waals surface area contributed by atoms with Gasteiger partial charge in [0, 0.05) is 30.4 Å². The van der Waals surface area contributed by atoms with Gasteiger partial charge in [0.25, 0.3) is 11.8 Å². The van der Waals surface area contributed by atoms with E-state index in [2.05, 4.69) is 36.0 Å². The molecule has 14 heteroatoms. The molecule has 39 heavy (non-hydrogen) atoms. The van der Waals surface area contributed by atoms with E-state index in [4.69, 9.17) is 0 Å². The molecule has 1 aliphatic heterocycles. The number of aromatic amines is 1. The SMILES string of the molecule is Cc1cc(CNC(=O)c2cc(C(=O)NC3CNc4cc(-c5n[nH]c(C(F)(F)F)n5)ccc43)ncn2)ccc1F. The number of carbonyl (C=O) groups excluding carboxylic acids is 2. The summed E-state index contributed by atoms with van der Waals surface area (Å²) in [6.07, 6.45) is -3.54. The van der Waals surface area contributed by atoms with E-state index in [0.29, 0.717) is 34.5 Å². The number of aryl methyl sites for hydroxylation is 1. The third kappa shape index (κ3) is 5.54. The molecule has 0 saturated heterocycles. The van der Waals surface area contributed by atoms with Crippen LogP contribution in [0.15, 0.2) is 48.8 Å². The topological polar surface area (TPSA) is 138 Å². The number of anilines is 1.